The molecule has 1 aromatic carbocycles. The van der Waals surface area contributed by atoms with Gasteiger partial charge in [0.1, 0.15) is 11.6 Å². The summed E-state index contributed by atoms with van der Waals surface area (Å²) in [5, 5.41) is 15.2. The minimum atomic E-state index is -3.79. The van der Waals surface area contributed by atoms with Gasteiger partial charge in [0.05, 0.1) is 15.6 Å². The third kappa shape index (κ3) is 4.64. The molecule has 2 aromatic heterocycles. The Hall–Kier alpha value is -2.56. The molecule has 3 rings (SSSR count). The second kappa shape index (κ2) is 8.21. The van der Waals surface area contributed by atoms with Crippen molar-refractivity contribution in [1.82, 2.24) is 24.7 Å². The quantitative estimate of drug-likeness (QED) is 0.565. The highest BCUT2D eigenvalue weighted by Gasteiger charge is 2.15. The summed E-state index contributed by atoms with van der Waals surface area (Å²) in [5.74, 6) is 0.407. The average molecular weight is 425 g/mol. The molecule has 0 saturated carbocycles. The normalized spacial score (nSPS) is 11.6. The maximum absolute atomic E-state index is 13.2. The molecule has 0 amide bonds. The second-order valence-corrected chi connectivity index (χ2v) is 8.19. The number of rotatable bonds is 7. The van der Waals surface area contributed by atoms with Gasteiger partial charge in [-0.1, -0.05) is 11.6 Å². The summed E-state index contributed by atoms with van der Waals surface area (Å²) >= 11 is 5.63. The van der Waals surface area contributed by atoms with E-state index >= 15 is 0 Å². The number of hydrogen-bond donors (Lipinski definition) is 2. The van der Waals surface area contributed by atoms with E-state index in [0.717, 1.165) is 29.6 Å². The van der Waals surface area contributed by atoms with E-state index in [1.807, 2.05) is 19.9 Å². The molecule has 8 nitrogen and oxygen atoms in total. The van der Waals surface area contributed by atoms with Crippen molar-refractivity contribution in [1.29, 1.82) is 0 Å². The minimum Gasteiger partial charge on any atom is -0.367 e. The van der Waals surface area contributed by atoms with Gasteiger partial charge in [-0.05, 0) is 50.2 Å². The van der Waals surface area contributed by atoms with Gasteiger partial charge in [-0.2, -0.15) is 5.10 Å². The highest BCUT2D eigenvalue weighted by molar-refractivity contribution is 7.89. The van der Waals surface area contributed by atoms with Crippen molar-refractivity contribution in [3.63, 3.8) is 0 Å². The first-order valence-corrected chi connectivity index (χ1v) is 10.2. The Morgan fingerprint density at radius 1 is 1.11 bits per heavy atom. The van der Waals surface area contributed by atoms with Crippen molar-refractivity contribution in [2.75, 3.05) is 18.4 Å². The molecule has 0 bridgehead atoms. The van der Waals surface area contributed by atoms with Gasteiger partial charge in [0.2, 0.25) is 10.0 Å². The first-order chi connectivity index (χ1) is 13.3. The summed E-state index contributed by atoms with van der Waals surface area (Å²) in [6.07, 6.45) is 0. The van der Waals surface area contributed by atoms with E-state index in [1.54, 1.807) is 16.8 Å². The van der Waals surface area contributed by atoms with E-state index in [1.165, 1.54) is 0 Å². The van der Waals surface area contributed by atoms with E-state index < -0.39 is 15.8 Å². The van der Waals surface area contributed by atoms with Crippen molar-refractivity contribution in [3.05, 3.63) is 58.6 Å². The Balaban J connectivity index is 1.55. The number of nitrogens with zero attached hydrogens (tertiary/aromatic N) is 4. The Morgan fingerprint density at radius 3 is 2.50 bits per heavy atom. The van der Waals surface area contributed by atoms with Crippen molar-refractivity contribution in [2.45, 2.75) is 18.7 Å². The highest BCUT2D eigenvalue weighted by Crippen LogP contribution is 2.19. The van der Waals surface area contributed by atoms with Gasteiger partial charge in [0.15, 0.2) is 5.82 Å². The Kier molecular flexibility index (Phi) is 5.92. The van der Waals surface area contributed by atoms with Crippen LogP contribution in [0, 0.1) is 19.7 Å². The number of benzene rings is 1. The number of aryl methyl sites for hydroxylation is 2. The van der Waals surface area contributed by atoms with Gasteiger partial charge in [-0.25, -0.2) is 22.2 Å². The predicted molar refractivity (Wildman–Crippen MR) is 104 cm³/mol. The number of aromatic nitrogens is 4. The smallest absolute Gasteiger partial charge is 0.240 e. The molecule has 0 spiro atoms. The van der Waals surface area contributed by atoms with Crippen LogP contribution < -0.4 is 10.0 Å². The Morgan fingerprint density at radius 2 is 1.89 bits per heavy atom. The van der Waals surface area contributed by atoms with Gasteiger partial charge in [-0.3, -0.25) is 0 Å². The zero-order valence-electron chi connectivity index (χ0n) is 15.1. The number of sulfonamides is 1. The molecule has 0 aliphatic rings. The maximum Gasteiger partial charge on any atom is 0.240 e. The first kappa shape index (κ1) is 20.2. The molecule has 11 heteroatoms. The topological polar surface area (TPSA) is 102 Å². The lowest BCUT2D eigenvalue weighted by Gasteiger charge is -2.09. The lowest BCUT2D eigenvalue weighted by atomic mass is 10.3. The van der Waals surface area contributed by atoms with Crippen LogP contribution in [-0.4, -0.2) is 41.5 Å². The van der Waals surface area contributed by atoms with Crippen LogP contribution in [0.1, 0.15) is 11.4 Å². The summed E-state index contributed by atoms with van der Waals surface area (Å²) in [6.45, 7) is 4.20. The maximum atomic E-state index is 13.2. The van der Waals surface area contributed by atoms with Gasteiger partial charge in [-0.15, -0.1) is 10.2 Å². The molecule has 0 fully saturated rings. The van der Waals surface area contributed by atoms with Crippen LogP contribution in [-0.2, 0) is 10.0 Å². The number of hydrogen-bond acceptors (Lipinski definition) is 6. The SMILES string of the molecule is Cc1cc(C)n(-c2ccc(NCCNS(=O)(=O)c3ccc(F)c(Cl)c3)nn2)n1. The largest absolute Gasteiger partial charge is 0.367 e. The fraction of sp³-hybridized carbons (Fsp3) is 0.235. The van der Waals surface area contributed by atoms with Crippen LogP contribution in [0.2, 0.25) is 5.02 Å². The molecule has 0 atom stereocenters. The average Bonchev–Trinajstić information content (AvgIpc) is 2.99. The van der Waals surface area contributed by atoms with Crippen molar-refractivity contribution < 1.29 is 12.8 Å². The van der Waals surface area contributed by atoms with Gasteiger partial charge < -0.3 is 5.32 Å². The molecular weight excluding hydrogens is 407 g/mol. The van der Waals surface area contributed by atoms with E-state index in [-0.39, 0.29) is 23.0 Å². The van der Waals surface area contributed by atoms with Crippen LogP contribution in [0.15, 0.2) is 41.3 Å². The van der Waals surface area contributed by atoms with Gasteiger partial charge in [0, 0.05) is 18.8 Å². The lowest BCUT2D eigenvalue weighted by Crippen LogP contribution is -2.29. The molecule has 28 heavy (non-hydrogen) atoms. The molecule has 2 heterocycles. The van der Waals surface area contributed by atoms with Crippen LogP contribution in [0.3, 0.4) is 0 Å². The third-order valence-electron chi connectivity index (χ3n) is 3.80. The zero-order chi connectivity index (χ0) is 20.3. The van der Waals surface area contributed by atoms with Crippen LogP contribution in [0.25, 0.3) is 5.82 Å². The summed E-state index contributed by atoms with van der Waals surface area (Å²) < 4.78 is 41.6. The van der Waals surface area contributed by atoms with Crippen LogP contribution in [0.4, 0.5) is 10.2 Å². The minimum absolute atomic E-state index is 0.0955. The molecule has 0 radical (unpaired) electrons. The fourth-order valence-electron chi connectivity index (χ4n) is 2.50. The third-order valence-corrected chi connectivity index (χ3v) is 5.55. The van der Waals surface area contributed by atoms with Crippen LogP contribution in [0.5, 0.6) is 0 Å². The van der Waals surface area contributed by atoms with Crippen LogP contribution >= 0.6 is 11.6 Å². The summed E-state index contributed by atoms with van der Waals surface area (Å²) in [4.78, 5) is -0.104. The Bertz CT molecular complexity index is 1090. The fourth-order valence-corrected chi connectivity index (χ4v) is 3.80. The summed E-state index contributed by atoms with van der Waals surface area (Å²) in [6, 6.07) is 8.66. The summed E-state index contributed by atoms with van der Waals surface area (Å²) in [7, 11) is -3.79. The van der Waals surface area contributed by atoms with Crippen molar-refractivity contribution in [3.8, 4) is 5.82 Å². The van der Waals surface area contributed by atoms with E-state index in [2.05, 4.69) is 25.3 Å². The molecule has 0 saturated heterocycles. The zero-order valence-corrected chi connectivity index (χ0v) is 16.7. The van der Waals surface area contributed by atoms with Gasteiger partial charge in [0.25, 0.3) is 0 Å². The number of anilines is 1. The summed E-state index contributed by atoms with van der Waals surface area (Å²) in [5.41, 5.74) is 1.83. The molecule has 2 N–H and O–H groups in total. The second-order valence-electron chi connectivity index (χ2n) is 6.02. The lowest BCUT2D eigenvalue weighted by molar-refractivity contribution is 0.582. The number of halogens is 2. The van der Waals surface area contributed by atoms with E-state index in [9.17, 15) is 12.8 Å². The van der Waals surface area contributed by atoms with Gasteiger partial charge >= 0.3 is 0 Å². The molecular formula is C17H18ClFN6O2S. The molecule has 148 valence electrons. The molecule has 0 unspecified atom stereocenters. The standard InChI is InChI=1S/C17H18ClFN6O2S/c1-11-9-12(2)25(24-11)17-6-5-16(22-23-17)20-7-8-21-28(26,27)13-3-4-15(19)14(18)10-13/h3-6,9-10,21H,7-8H2,1-2H3,(H,20,22). The molecule has 0 aliphatic heterocycles. The molecule has 0 aliphatic carbocycles. The van der Waals surface area contributed by atoms with E-state index in [0.29, 0.717) is 11.6 Å². The first-order valence-electron chi connectivity index (χ1n) is 8.32. The molecule has 3 aromatic rings. The Labute approximate surface area is 166 Å². The highest BCUT2D eigenvalue weighted by atomic mass is 35.5. The van der Waals surface area contributed by atoms with Crippen molar-refractivity contribution >= 4 is 27.4 Å². The number of nitrogens with one attached hydrogen (secondary N) is 2. The monoisotopic (exact) mass is 424 g/mol. The van der Waals surface area contributed by atoms with E-state index in [4.69, 9.17) is 11.6 Å². The van der Waals surface area contributed by atoms with Crippen molar-refractivity contribution in [2.24, 2.45) is 0 Å². The predicted octanol–water partition coefficient (Wildman–Crippen LogP) is 2.46.